The number of nitrogens with zero attached hydrogens (tertiary/aromatic N) is 2. The molecule has 0 aliphatic carbocycles. The quantitative estimate of drug-likeness (QED) is 0.558. The van der Waals surface area contributed by atoms with Crippen LogP contribution in [0.4, 0.5) is 11.5 Å². The number of nitrogen functional groups attached to an aromatic ring is 1. The molecule has 1 aliphatic rings. The largest absolute Gasteiger partial charge is 0.454 e. The maximum atomic E-state index is 12.0. The number of amides is 1. The summed E-state index contributed by atoms with van der Waals surface area (Å²) in [5.74, 6) is 6.37. The third-order valence-electron chi connectivity index (χ3n) is 2.65. The van der Waals surface area contributed by atoms with Crippen molar-refractivity contribution < 1.29 is 14.3 Å². The lowest BCUT2D eigenvalue weighted by molar-refractivity contribution is 0.102. The van der Waals surface area contributed by atoms with E-state index in [-0.39, 0.29) is 12.5 Å². The number of nitrogens with one attached hydrogen (secondary N) is 2. The fourth-order valence-electron chi connectivity index (χ4n) is 1.71. The summed E-state index contributed by atoms with van der Waals surface area (Å²) in [5, 5.41) is 2.69. The van der Waals surface area contributed by atoms with Gasteiger partial charge in [0.15, 0.2) is 17.3 Å². The zero-order chi connectivity index (χ0) is 13.9. The van der Waals surface area contributed by atoms with Crippen molar-refractivity contribution in [2.24, 2.45) is 5.84 Å². The molecule has 0 saturated carbocycles. The van der Waals surface area contributed by atoms with Gasteiger partial charge in [-0.2, -0.15) is 0 Å². The van der Waals surface area contributed by atoms with Gasteiger partial charge in [-0.25, -0.2) is 10.8 Å². The molecule has 1 aliphatic heterocycles. The molecule has 1 amide bonds. The van der Waals surface area contributed by atoms with Gasteiger partial charge in [-0.15, -0.1) is 0 Å². The van der Waals surface area contributed by atoms with Gasteiger partial charge < -0.3 is 20.2 Å². The lowest BCUT2D eigenvalue weighted by Gasteiger charge is -2.06. The van der Waals surface area contributed by atoms with Crippen LogP contribution in [0.5, 0.6) is 11.5 Å². The number of rotatable bonds is 3. The molecule has 8 heteroatoms. The molecule has 3 rings (SSSR count). The first-order valence-electron chi connectivity index (χ1n) is 5.76. The molecule has 1 aromatic heterocycles. The molecule has 0 atom stereocenters. The predicted molar refractivity (Wildman–Crippen MR) is 70.4 cm³/mol. The molecule has 2 aromatic rings. The molecule has 0 spiro atoms. The first kappa shape index (κ1) is 12.2. The SMILES string of the molecule is NNc1cncc(C(=O)Nc2ccc3c(c2)OCO3)n1. The third-order valence-corrected chi connectivity index (χ3v) is 2.65. The van der Waals surface area contributed by atoms with Crippen LogP contribution in [0.25, 0.3) is 0 Å². The second-order valence-electron chi connectivity index (χ2n) is 3.96. The van der Waals surface area contributed by atoms with Crippen molar-refractivity contribution in [1.82, 2.24) is 9.97 Å². The highest BCUT2D eigenvalue weighted by atomic mass is 16.7. The number of ether oxygens (including phenoxy) is 2. The molecule has 0 fully saturated rings. The van der Waals surface area contributed by atoms with Crippen LogP contribution in [-0.2, 0) is 0 Å². The number of hydrogen-bond acceptors (Lipinski definition) is 7. The first-order chi connectivity index (χ1) is 9.76. The van der Waals surface area contributed by atoms with Crippen LogP contribution in [0, 0.1) is 0 Å². The summed E-state index contributed by atoms with van der Waals surface area (Å²) in [4.78, 5) is 19.9. The summed E-state index contributed by atoms with van der Waals surface area (Å²) in [6, 6.07) is 5.12. The van der Waals surface area contributed by atoms with Crippen molar-refractivity contribution >= 4 is 17.4 Å². The Morgan fingerprint density at radius 3 is 2.95 bits per heavy atom. The lowest BCUT2D eigenvalue weighted by Crippen LogP contribution is -2.16. The van der Waals surface area contributed by atoms with Crippen molar-refractivity contribution in [3.8, 4) is 11.5 Å². The Bertz CT molecular complexity index is 661. The van der Waals surface area contributed by atoms with Gasteiger partial charge in [0, 0.05) is 11.8 Å². The Morgan fingerprint density at radius 1 is 1.25 bits per heavy atom. The Labute approximate surface area is 113 Å². The van der Waals surface area contributed by atoms with Crippen LogP contribution >= 0.6 is 0 Å². The Morgan fingerprint density at radius 2 is 2.10 bits per heavy atom. The number of carbonyl (C=O) groups excluding carboxylic acids is 1. The molecular formula is C12H11N5O3. The van der Waals surface area contributed by atoms with Crippen LogP contribution in [-0.4, -0.2) is 22.7 Å². The highest BCUT2D eigenvalue weighted by Crippen LogP contribution is 2.34. The molecule has 4 N–H and O–H groups in total. The standard InChI is InChI=1S/C12H11N5O3/c13-17-11-5-14-4-8(16-11)12(18)15-7-1-2-9-10(3-7)20-6-19-9/h1-5H,6,13H2,(H,15,18)(H,16,17). The second-order valence-corrected chi connectivity index (χ2v) is 3.96. The topological polar surface area (TPSA) is 111 Å². The van der Waals surface area contributed by atoms with Crippen LogP contribution in [0.15, 0.2) is 30.6 Å². The second kappa shape index (κ2) is 5.02. The molecular weight excluding hydrogens is 262 g/mol. The number of nitrogens with two attached hydrogens (primary N) is 1. The zero-order valence-electron chi connectivity index (χ0n) is 10.3. The van der Waals surface area contributed by atoms with E-state index in [1.54, 1.807) is 18.2 Å². The summed E-state index contributed by atoms with van der Waals surface area (Å²) in [6.45, 7) is 0.183. The normalized spacial score (nSPS) is 12.1. The van der Waals surface area contributed by atoms with Crippen molar-refractivity contribution in [2.45, 2.75) is 0 Å². The van der Waals surface area contributed by atoms with E-state index < -0.39 is 5.91 Å². The Hall–Kier alpha value is -2.87. The van der Waals surface area contributed by atoms with E-state index in [4.69, 9.17) is 15.3 Å². The molecule has 0 unspecified atom stereocenters. The minimum absolute atomic E-state index is 0.151. The van der Waals surface area contributed by atoms with Gasteiger partial charge >= 0.3 is 0 Å². The maximum absolute atomic E-state index is 12.0. The number of benzene rings is 1. The van der Waals surface area contributed by atoms with E-state index in [2.05, 4.69) is 20.7 Å². The molecule has 8 nitrogen and oxygen atoms in total. The lowest BCUT2D eigenvalue weighted by atomic mass is 10.2. The van der Waals surface area contributed by atoms with Gasteiger partial charge in [0.2, 0.25) is 6.79 Å². The molecule has 1 aromatic carbocycles. The predicted octanol–water partition coefficient (Wildman–Crippen LogP) is 0.743. The van der Waals surface area contributed by atoms with Crippen LogP contribution in [0.1, 0.15) is 10.5 Å². The van der Waals surface area contributed by atoms with Crippen molar-refractivity contribution in [3.63, 3.8) is 0 Å². The first-order valence-corrected chi connectivity index (χ1v) is 5.76. The number of hydrazine groups is 1. The number of fused-ring (bicyclic) bond motifs is 1. The van der Waals surface area contributed by atoms with E-state index in [1.807, 2.05) is 0 Å². The number of hydrogen-bond donors (Lipinski definition) is 3. The zero-order valence-corrected chi connectivity index (χ0v) is 10.3. The minimum atomic E-state index is -0.395. The van der Waals surface area contributed by atoms with Gasteiger partial charge in [-0.3, -0.25) is 9.78 Å². The fraction of sp³-hybridized carbons (Fsp3) is 0.0833. The van der Waals surface area contributed by atoms with E-state index in [1.165, 1.54) is 12.4 Å². The highest BCUT2D eigenvalue weighted by Gasteiger charge is 2.15. The Balaban J connectivity index is 1.78. The molecule has 2 heterocycles. The highest BCUT2D eigenvalue weighted by molar-refractivity contribution is 6.03. The van der Waals surface area contributed by atoms with Crippen LogP contribution in [0.2, 0.25) is 0 Å². The van der Waals surface area contributed by atoms with Gasteiger partial charge in [0.05, 0.1) is 12.4 Å². The smallest absolute Gasteiger partial charge is 0.275 e. The molecule has 102 valence electrons. The van der Waals surface area contributed by atoms with Gasteiger partial charge in [-0.1, -0.05) is 0 Å². The van der Waals surface area contributed by atoms with E-state index in [0.717, 1.165) is 0 Å². The van der Waals surface area contributed by atoms with Gasteiger partial charge in [-0.05, 0) is 12.1 Å². The summed E-state index contributed by atoms with van der Waals surface area (Å²) in [5.41, 5.74) is 3.06. The number of carbonyl (C=O) groups is 1. The maximum Gasteiger partial charge on any atom is 0.275 e. The van der Waals surface area contributed by atoms with E-state index in [9.17, 15) is 4.79 Å². The van der Waals surface area contributed by atoms with Crippen molar-refractivity contribution in [1.29, 1.82) is 0 Å². The molecule has 0 radical (unpaired) electrons. The number of anilines is 2. The van der Waals surface area contributed by atoms with E-state index >= 15 is 0 Å². The van der Waals surface area contributed by atoms with Crippen LogP contribution in [0.3, 0.4) is 0 Å². The molecule has 20 heavy (non-hydrogen) atoms. The summed E-state index contributed by atoms with van der Waals surface area (Å²) < 4.78 is 10.4. The molecule has 0 bridgehead atoms. The summed E-state index contributed by atoms with van der Waals surface area (Å²) in [6.07, 6.45) is 2.76. The fourth-order valence-corrected chi connectivity index (χ4v) is 1.71. The summed E-state index contributed by atoms with van der Waals surface area (Å²) in [7, 11) is 0. The number of aromatic nitrogens is 2. The van der Waals surface area contributed by atoms with E-state index in [0.29, 0.717) is 23.0 Å². The average molecular weight is 273 g/mol. The van der Waals surface area contributed by atoms with Gasteiger partial charge in [0.1, 0.15) is 5.69 Å². The average Bonchev–Trinajstić information content (AvgIpc) is 2.95. The third kappa shape index (κ3) is 2.31. The van der Waals surface area contributed by atoms with Crippen molar-refractivity contribution in [2.75, 3.05) is 17.5 Å². The van der Waals surface area contributed by atoms with Crippen LogP contribution < -0.4 is 26.1 Å². The Kier molecular flexibility index (Phi) is 3.05. The minimum Gasteiger partial charge on any atom is -0.454 e. The van der Waals surface area contributed by atoms with Crippen molar-refractivity contribution in [3.05, 3.63) is 36.3 Å². The molecule has 0 saturated heterocycles. The summed E-state index contributed by atoms with van der Waals surface area (Å²) >= 11 is 0. The monoisotopic (exact) mass is 273 g/mol. The van der Waals surface area contributed by atoms with Gasteiger partial charge in [0.25, 0.3) is 5.91 Å².